The number of aromatic nitrogens is 1. The lowest BCUT2D eigenvalue weighted by Crippen LogP contribution is -2.16. The number of nitrogens with one attached hydrogen (secondary N) is 1. The minimum Gasteiger partial charge on any atom is -0.457 e. The van der Waals surface area contributed by atoms with E-state index in [2.05, 4.69) is 32.9 Å². The van der Waals surface area contributed by atoms with Crippen LogP contribution in [-0.4, -0.2) is 24.1 Å². The van der Waals surface area contributed by atoms with Crippen molar-refractivity contribution in [3.05, 3.63) is 81.2 Å². The van der Waals surface area contributed by atoms with Crippen LogP contribution in [0.5, 0.6) is 11.5 Å². The zero-order valence-corrected chi connectivity index (χ0v) is 18.8. The maximum absolute atomic E-state index is 12.7. The molecular weight excluding hydrogens is 479 g/mol. The van der Waals surface area contributed by atoms with E-state index in [-0.39, 0.29) is 12.0 Å². The molecule has 0 aliphatic rings. The molecule has 150 valence electrons. The summed E-state index contributed by atoms with van der Waals surface area (Å²) in [5, 5.41) is 2.92. The quantitative estimate of drug-likeness (QED) is 0.427. The van der Waals surface area contributed by atoms with Gasteiger partial charge in [-0.3, -0.25) is 9.78 Å². The van der Waals surface area contributed by atoms with Gasteiger partial charge in [0.25, 0.3) is 5.91 Å². The molecule has 29 heavy (non-hydrogen) atoms. The predicted octanol–water partition coefficient (Wildman–Crippen LogP) is 5.62. The highest BCUT2D eigenvalue weighted by atomic mass is 127. The number of hydrogen-bond acceptors (Lipinski definition) is 4. The second kappa shape index (κ2) is 9.84. The molecule has 5 nitrogen and oxygen atoms in total. The van der Waals surface area contributed by atoms with E-state index in [1.807, 2.05) is 62.4 Å². The first-order chi connectivity index (χ1) is 13.9. The van der Waals surface area contributed by atoms with E-state index in [1.54, 1.807) is 19.2 Å². The lowest BCUT2D eigenvalue weighted by atomic mass is 10.1. The average Bonchev–Trinajstić information content (AvgIpc) is 2.70. The number of carbonyl (C=O) groups excluding carboxylic acids is 1. The number of amides is 1. The fourth-order valence-corrected chi connectivity index (χ4v) is 3.18. The molecule has 1 atom stereocenters. The van der Waals surface area contributed by atoms with Gasteiger partial charge in [-0.1, -0.05) is 6.07 Å². The molecule has 3 aromatic rings. The molecule has 0 aliphatic heterocycles. The fourth-order valence-electron chi connectivity index (χ4n) is 2.82. The molecule has 0 saturated carbocycles. The lowest BCUT2D eigenvalue weighted by Gasteiger charge is -2.12. The van der Waals surface area contributed by atoms with Crippen molar-refractivity contribution >= 4 is 34.2 Å². The van der Waals surface area contributed by atoms with E-state index in [1.165, 1.54) is 0 Å². The van der Waals surface area contributed by atoms with E-state index in [4.69, 9.17) is 9.47 Å². The zero-order chi connectivity index (χ0) is 20.8. The van der Waals surface area contributed by atoms with Crippen LogP contribution in [0.15, 0.2) is 60.7 Å². The van der Waals surface area contributed by atoms with Crippen molar-refractivity contribution in [2.75, 3.05) is 12.4 Å². The molecule has 1 N–H and O–H groups in total. The molecule has 1 amide bonds. The Kier molecular flexibility index (Phi) is 7.22. The summed E-state index contributed by atoms with van der Waals surface area (Å²) in [5.74, 6) is 1.20. The summed E-state index contributed by atoms with van der Waals surface area (Å²) in [6, 6.07) is 18.8. The molecule has 0 saturated heterocycles. The van der Waals surface area contributed by atoms with Crippen LogP contribution in [0.1, 0.15) is 28.7 Å². The largest absolute Gasteiger partial charge is 0.457 e. The first kappa shape index (κ1) is 21.3. The van der Waals surface area contributed by atoms with Crippen molar-refractivity contribution in [1.29, 1.82) is 0 Å². The highest BCUT2D eigenvalue weighted by molar-refractivity contribution is 14.1. The van der Waals surface area contributed by atoms with Gasteiger partial charge < -0.3 is 14.8 Å². The predicted molar refractivity (Wildman–Crippen MR) is 123 cm³/mol. The van der Waals surface area contributed by atoms with Gasteiger partial charge in [-0.15, -0.1) is 0 Å². The summed E-state index contributed by atoms with van der Waals surface area (Å²) in [6.45, 7) is 3.83. The number of carbonyl (C=O) groups is 1. The summed E-state index contributed by atoms with van der Waals surface area (Å²) in [6.07, 6.45) is 0.786. The van der Waals surface area contributed by atoms with Gasteiger partial charge in [0.15, 0.2) is 0 Å². The summed E-state index contributed by atoms with van der Waals surface area (Å²) in [5.41, 5.74) is 2.80. The number of ether oxygens (including phenoxy) is 2. The van der Waals surface area contributed by atoms with Crippen molar-refractivity contribution in [2.45, 2.75) is 26.4 Å². The molecule has 1 heterocycles. The van der Waals surface area contributed by atoms with Gasteiger partial charge in [-0.25, -0.2) is 0 Å². The fraction of sp³-hybridized carbons (Fsp3) is 0.217. The number of aryl methyl sites for hydroxylation is 1. The summed E-state index contributed by atoms with van der Waals surface area (Å²) < 4.78 is 12.3. The number of hydrogen-bond donors (Lipinski definition) is 1. The van der Waals surface area contributed by atoms with Crippen molar-refractivity contribution < 1.29 is 14.3 Å². The van der Waals surface area contributed by atoms with Crippen LogP contribution in [0.3, 0.4) is 0 Å². The molecule has 1 aromatic heterocycles. The molecule has 0 radical (unpaired) electrons. The van der Waals surface area contributed by atoms with Gasteiger partial charge in [0, 0.05) is 34.5 Å². The van der Waals surface area contributed by atoms with Crippen LogP contribution < -0.4 is 10.1 Å². The Morgan fingerprint density at radius 3 is 2.55 bits per heavy atom. The Morgan fingerprint density at radius 1 is 1.10 bits per heavy atom. The number of benzene rings is 2. The molecule has 6 heteroatoms. The van der Waals surface area contributed by atoms with Gasteiger partial charge in [0.05, 0.1) is 17.4 Å². The standard InChI is InChI=1S/C23H23IN2O3/c1-15(28-3)13-19-9-12-22(16(2)25-19)23(27)26-18-5-4-6-21(14-18)29-20-10-7-17(24)8-11-20/h4-12,14-15H,13H2,1-3H3,(H,26,27). The third kappa shape index (κ3) is 6.01. The topological polar surface area (TPSA) is 60.5 Å². The van der Waals surface area contributed by atoms with Gasteiger partial charge in [-0.2, -0.15) is 0 Å². The smallest absolute Gasteiger partial charge is 0.257 e. The van der Waals surface area contributed by atoms with Crippen molar-refractivity contribution in [3.8, 4) is 11.5 Å². The minimum atomic E-state index is -0.201. The third-order valence-electron chi connectivity index (χ3n) is 4.43. The second-order valence-corrected chi connectivity index (χ2v) is 7.97. The maximum atomic E-state index is 12.7. The number of nitrogens with zero attached hydrogens (tertiary/aromatic N) is 1. The highest BCUT2D eigenvalue weighted by Gasteiger charge is 2.13. The number of halogens is 1. The zero-order valence-electron chi connectivity index (χ0n) is 16.6. The number of anilines is 1. The molecule has 2 aromatic carbocycles. The lowest BCUT2D eigenvalue weighted by molar-refractivity contribution is 0.102. The summed E-state index contributed by atoms with van der Waals surface area (Å²) in [4.78, 5) is 17.3. The SMILES string of the molecule is COC(C)Cc1ccc(C(=O)Nc2cccc(Oc3ccc(I)cc3)c2)c(C)n1. The first-order valence-electron chi connectivity index (χ1n) is 9.29. The summed E-state index contributed by atoms with van der Waals surface area (Å²) >= 11 is 2.25. The normalized spacial score (nSPS) is 11.7. The van der Waals surface area contributed by atoms with E-state index in [0.29, 0.717) is 29.1 Å². The van der Waals surface area contributed by atoms with Gasteiger partial charge in [-0.05, 0) is 85.0 Å². The molecule has 0 fully saturated rings. The Labute approximate surface area is 184 Å². The Morgan fingerprint density at radius 2 is 1.86 bits per heavy atom. The molecule has 3 rings (SSSR count). The van der Waals surface area contributed by atoms with Gasteiger partial charge in [0.2, 0.25) is 0 Å². The van der Waals surface area contributed by atoms with Crippen molar-refractivity contribution in [1.82, 2.24) is 4.98 Å². The second-order valence-electron chi connectivity index (χ2n) is 6.72. The highest BCUT2D eigenvalue weighted by Crippen LogP contribution is 2.25. The number of pyridine rings is 1. The molecule has 0 spiro atoms. The Hall–Kier alpha value is -2.45. The van der Waals surface area contributed by atoms with Crippen LogP contribution in [0.25, 0.3) is 0 Å². The minimum absolute atomic E-state index is 0.0809. The Balaban J connectivity index is 1.69. The molecule has 1 unspecified atom stereocenters. The average molecular weight is 502 g/mol. The van der Waals surface area contributed by atoms with Crippen LogP contribution in [0, 0.1) is 10.5 Å². The van der Waals surface area contributed by atoms with Gasteiger partial charge >= 0.3 is 0 Å². The Bertz CT molecular complexity index is 990. The van der Waals surface area contributed by atoms with E-state index in [0.717, 1.165) is 15.0 Å². The third-order valence-corrected chi connectivity index (χ3v) is 5.15. The van der Waals surface area contributed by atoms with Crippen molar-refractivity contribution in [2.24, 2.45) is 0 Å². The number of methoxy groups -OCH3 is 1. The maximum Gasteiger partial charge on any atom is 0.257 e. The van der Waals surface area contributed by atoms with Gasteiger partial charge in [0.1, 0.15) is 11.5 Å². The van der Waals surface area contributed by atoms with E-state index in [9.17, 15) is 4.79 Å². The van der Waals surface area contributed by atoms with Crippen LogP contribution >= 0.6 is 22.6 Å². The van der Waals surface area contributed by atoms with E-state index >= 15 is 0 Å². The first-order valence-corrected chi connectivity index (χ1v) is 10.4. The van der Waals surface area contributed by atoms with Crippen molar-refractivity contribution in [3.63, 3.8) is 0 Å². The van der Waals surface area contributed by atoms with Crippen LogP contribution in [0.2, 0.25) is 0 Å². The number of rotatable bonds is 7. The molecular formula is C23H23IN2O3. The molecule has 0 bridgehead atoms. The van der Waals surface area contributed by atoms with Crippen LogP contribution in [-0.2, 0) is 11.2 Å². The monoisotopic (exact) mass is 502 g/mol. The van der Waals surface area contributed by atoms with E-state index < -0.39 is 0 Å². The summed E-state index contributed by atoms with van der Waals surface area (Å²) in [7, 11) is 1.68. The molecule has 0 aliphatic carbocycles. The van der Waals surface area contributed by atoms with Crippen LogP contribution in [0.4, 0.5) is 5.69 Å².